The molecule has 0 radical (unpaired) electrons. The molecule has 0 aliphatic carbocycles. The first-order valence-corrected chi connectivity index (χ1v) is 7.20. The minimum absolute atomic E-state index is 0.220. The van der Waals surface area contributed by atoms with Gasteiger partial charge in [0.1, 0.15) is 6.10 Å². The third-order valence-corrected chi connectivity index (χ3v) is 3.78. The maximum Gasteiger partial charge on any atom is 0.162 e. The van der Waals surface area contributed by atoms with Crippen molar-refractivity contribution in [1.29, 1.82) is 0 Å². The van der Waals surface area contributed by atoms with Crippen LogP contribution in [0.25, 0.3) is 0 Å². The summed E-state index contributed by atoms with van der Waals surface area (Å²) >= 11 is 3.53. The van der Waals surface area contributed by atoms with E-state index < -0.39 is 0 Å². The molecule has 2 rings (SSSR count). The van der Waals surface area contributed by atoms with Gasteiger partial charge in [-0.3, -0.25) is 0 Å². The molecule has 1 unspecified atom stereocenters. The molecule has 0 saturated heterocycles. The van der Waals surface area contributed by atoms with Gasteiger partial charge in [-0.1, -0.05) is 40.2 Å². The summed E-state index contributed by atoms with van der Waals surface area (Å²) in [5.74, 6) is 1.42. The van der Waals surface area contributed by atoms with Crippen molar-refractivity contribution in [2.24, 2.45) is 5.73 Å². The van der Waals surface area contributed by atoms with E-state index in [4.69, 9.17) is 15.2 Å². The number of hydrogen-bond donors (Lipinski definition) is 1. The van der Waals surface area contributed by atoms with Gasteiger partial charge in [-0.15, -0.1) is 0 Å². The molecule has 0 amide bonds. The lowest BCUT2D eigenvalue weighted by molar-refractivity contribution is 0.203. The van der Waals surface area contributed by atoms with E-state index in [1.54, 1.807) is 7.11 Å². The predicted molar refractivity (Wildman–Crippen MR) is 84.3 cm³/mol. The number of halogens is 1. The monoisotopic (exact) mass is 335 g/mol. The van der Waals surface area contributed by atoms with Crippen LogP contribution in [0.2, 0.25) is 0 Å². The molecule has 1 atom stereocenters. The van der Waals surface area contributed by atoms with E-state index >= 15 is 0 Å². The van der Waals surface area contributed by atoms with Crippen molar-refractivity contribution < 1.29 is 9.47 Å². The Kier molecular flexibility index (Phi) is 5.04. The van der Waals surface area contributed by atoms with Crippen molar-refractivity contribution in [2.45, 2.75) is 13.0 Å². The zero-order chi connectivity index (χ0) is 14.5. The smallest absolute Gasteiger partial charge is 0.162 e. The third-order valence-electron chi connectivity index (χ3n) is 3.05. The van der Waals surface area contributed by atoms with Crippen molar-refractivity contribution in [3.8, 4) is 11.5 Å². The van der Waals surface area contributed by atoms with E-state index in [0.29, 0.717) is 12.3 Å². The molecule has 0 fully saturated rings. The van der Waals surface area contributed by atoms with E-state index in [2.05, 4.69) is 15.9 Å². The number of rotatable bonds is 5. The van der Waals surface area contributed by atoms with Crippen LogP contribution in [0.4, 0.5) is 0 Å². The van der Waals surface area contributed by atoms with Gasteiger partial charge in [0, 0.05) is 16.6 Å². The Morgan fingerprint density at radius 2 is 1.90 bits per heavy atom. The molecule has 3 nitrogen and oxygen atoms in total. The lowest BCUT2D eigenvalue weighted by Gasteiger charge is -2.20. The zero-order valence-electron chi connectivity index (χ0n) is 11.6. The highest BCUT2D eigenvalue weighted by Gasteiger charge is 2.16. The fraction of sp³-hybridized carbons (Fsp3) is 0.250. The van der Waals surface area contributed by atoms with Gasteiger partial charge >= 0.3 is 0 Å². The van der Waals surface area contributed by atoms with Crippen LogP contribution in [0.3, 0.4) is 0 Å². The average Bonchev–Trinajstić information content (AvgIpc) is 2.47. The minimum Gasteiger partial charge on any atom is -0.493 e. The number of nitrogens with two attached hydrogens (primary N) is 1. The van der Waals surface area contributed by atoms with Gasteiger partial charge < -0.3 is 15.2 Å². The number of aryl methyl sites for hydroxylation is 1. The van der Waals surface area contributed by atoms with Gasteiger partial charge in [-0.05, 0) is 30.7 Å². The Hall–Kier alpha value is -1.52. The largest absolute Gasteiger partial charge is 0.493 e. The van der Waals surface area contributed by atoms with E-state index in [0.717, 1.165) is 21.3 Å². The molecule has 2 aromatic carbocycles. The molecule has 0 heterocycles. The van der Waals surface area contributed by atoms with E-state index in [1.165, 1.54) is 0 Å². The van der Waals surface area contributed by atoms with Crippen molar-refractivity contribution in [3.05, 3.63) is 58.1 Å². The molecule has 0 aliphatic rings. The number of hydrogen-bond acceptors (Lipinski definition) is 3. The Morgan fingerprint density at radius 1 is 1.15 bits per heavy atom. The Labute approximate surface area is 127 Å². The summed E-state index contributed by atoms with van der Waals surface area (Å²) in [6.07, 6.45) is -0.220. The van der Waals surface area contributed by atoms with Crippen molar-refractivity contribution in [1.82, 2.24) is 0 Å². The Morgan fingerprint density at radius 3 is 2.55 bits per heavy atom. The van der Waals surface area contributed by atoms with E-state index in [-0.39, 0.29) is 6.10 Å². The van der Waals surface area contributed by atoms with Crippen LogP contribution in [0.5, 0.6) is 11.5 Å². The highest BCUT2D eigenvalue weighted by Crippen LogP contribution is 2.33. The summed E-state index contributed by atoms with van der Waals surface area (Å²) in [6.45, 7) is 2.40. The van der Waals surface area contributed by atoms with Crippen LogP contribution < -0.4 is 15.2 Å². The lowest BCUT2D eigenvalue weighted by Crippen LogP contribution is -2.19. The number of methoxy groups -OCH3 is 1. The van der Waals surface area contributed by atoms with Crippen LogP contribution in [0.1, 0.15) is 17.2 Å². The first-order valence-electron chi connectivity index (χ1n) is 6.41. The Balaban J connectivity index is 2.29. The normalized spacial score (nSPS) is 12.0. The van der Waals surface area contributed by atoms with Gasteiger partial charge in [0.25, 0.3) is 0 Å². The van der Waals surface area contributed by atoms with Gasteiger partial charge in [0.2, 0.25) is 0 Å². The zero-order valence-corrected chi connectivity index (χ0v) is 13.2. The second-order valence-electron chi connectivity index (χ2n) is 4.52. The second-order valence-corrected chi connectivity index (χ2v) is 5.37. The summed E-state index contributed by atoms with van der Waals surface area (Å²) in [4.78, 5) is 0. The Bertz CT molecular complexity index is 586. The number of ether oxygens (including phenoxy) is 2. The summed E-state index contributed by atoms with van der Waals surface area (Å²) in [7, 11) is 1.64. The van der Waals surface area contributed by atoms with E-state index in [1.807, 2.05) is 49.4 Å². The summed E-state index contributed by atoms with van der Waals surface area (Å²) < 4.78 is 12.4. The molecule has 0 bridgehead atoms. The van der Waals surface area contributed by atoms with Crippen LogP contribution in [-0.4, -0.2) is 13.7 Å². The molecule has 106 valence electrons. The van der Waals surface area contributed by atoms with Gasteiger partial charge in [-0.25, -0.2) is 0 Å². The first-order chi connectivity index (χ1) is 9.65. The number of benzene rings is 2. The van der Waals surface area contributed by atoms with Crippen LogP contribution in [-0.2, 0) is 0 Å². The first kappa shape index (κ1) is 14.9. The van der Waals surface area contributed by atoms with E-state index in [9.17, 15) is 0 Å². The minimum atomic E-state index is -0.220. The molecule has 4 heteroatoms. The SMILES string of the molecule is COc1cc(C)ccc1OC(CN)c1ccccc1Br. The second kappa shape index (κ2) is 6.77. The van der Waals surface area contributed by atoms with Crippen LogP contribution in [0.15, 0.2) is 46.9 Å². The maximum atomic E-state index is 6.03. The highest BCUT2D eigenvalue weighted by molar-refractivity contribution is 9.10. The standard InChI is InChI=1S/C16H18BrNO2/c1-11-7-8-14(15(9-11)19-2)20-16(10-18)12-5-3-4-6-13(12)17/h3-9,16H,10,18H2,1-2H3. The topological polar surface area (TPSA) is 44.5 Å². The van der Waals surface area contributed by atoms with Gasteiger partial charge in [0.05, 0.1) is 7.11 Å². The average molecular weight is 336 g/mol. The van der Waals surface area contributed by atoms with Crippen LogP contribution >= 0.6 is 15.9 Å². The molecule has 0 saturated carbocycles. The highest BCUT2D eigenvalue weighted by atomic mass is 79.9. The molecule has 2 aromatic rings. The predicted octanol–water partition coefficient (Wildman–Crippen LogP) is 3.84. The fourth-order valence-corrected chi connectivity index (χ4v) is 2.54. The summed E-state index contributed by atoms with van der Waals surface area (Å²) in [6, 6.07) is 13.8. The molecular formula is C16H18BrNO2. The lowest BCUT2D eigenvalue weighted by atomic mass is 10.1. The van der Waals surface area contributed by atoms with Crippen LogP contribution in [0, 0.1) is 6.92 Å². The molecule has 20 heavy (non-hydrogen) atoms. The van der Waals surface area contributed by atoms with Crippen molar-refractivity contribution >= 4 is 15.9 Å². The molecule has 0 aromatic heterocycles. The molecule has 0 spiro atoms. The fourth-order valence-electron chi connectivity index (χ4n) is 2.00. The molecule has 0 aliphatic heterocycles. The van der Waals surface area contributed by atoms with Crippen molar-refractivity contribution in [3.63, 3.8) is 0 Å². The summed E-state index contributed by atoms with van der Waals surface area (Å²) in [5.41, 5.74) is 8.01. The van der Waals surface area contributed by atoms with Gasteiger partial charge in [-0.2, -0.15) is 0 Å². The summed E-state index contributed by atoms with van der Waals surface area (Å²) in [5, 5.41) is 0. The van der Waals surface area contributed by atoms with Crippen molar-refractivity contribution in [2.75, 3.05) is 13.7 Å². The maximum absolute atomic E-state index is 6.03. The third kappa shape index (κ3) is 3.32. The quantitative estimate of drug-likeness (QED) is 0.902. The molecule has 2 N–H and O–H groups in total. The molecular weight excluding hydrogens is 318 g/mol. The van der Waals surface area contributed by atoms with Gasteiger partial charge in [0.15, 0.2) is 11.5 Å².